The quantitative estimate of drug-likeness (QED) is 0.808. The van der Waals surface area contributed by atoms with Crippen LogP contribution in [0.4, 0.5) is 4.39 Å². The van der Waals surface area contributed by atoms with Gasteiger partial charge in [0.15, 0.2) is 0 Å². The van der Waals surface area contributed by atoms with Crippen LogP contribution in [0.2, 0.25) is 0 Å². The van der Waals surface area contributed by atoms with Crippen molar-refractivity contribution in [3.8, 4) is 0 Å². The second kappa shape index (κ2) is 5.40. The number of nitrogens with one attached hydrogen (secondary N) is 1. The van der Waals surface area contributed by atoms with Crippen molar-refractivity contribution in [2.24, 2.45) is 0 Å². The molecule has 1 nitrogen and oxygen atoms in total. The van der Waals surface area contributed by atoms with Gasteiger partial charge in [-0.1, -0.05) is 20.8 Å². The second-order valence-corrected chi connectivity index (χ2v) is 7.23. The molecule has 1 aromatic carbocycles. The summed E-state index contributed by atoms with van der Waals surface area (Å²) in [5.41, 5.74) is 1.75. The van der Waals surface area contributed by atoms with Crippen LogP contribution in [0.3, 0.4) is 0 Å². The van der Waals surface area contributed by atoms with E-state index < -0.39 is 0 Å². The first-order valence-electron chi connectivity index (χ1n) is 5.91. The number of rotatable bonds is 3. The lowest BCUT2D eigenvalue weighted by atomic mass is 10.1. The van der Waals surface area contributed by atoms with Gasteiger partial charge in [0, 0.05) is 15.7 Å². The number of benzene rings is 1. The van der Waals surface area contributed by atoms with Gasteiger partial charge in [0.05, 0.1) is 0 Å². The molecule has 1 aromatic rings. The summed E-state index contributed by atoms with van der Waals surface area (Å²) in [5.74, 6) is -0.125. The van der Waals surface area contributed by atoms with Crippen LogP contribution in [0.1, 0.15) is 44.9 Å². The topological polar surface area (TPSA) is 12.0 Å². The zero-order valence-electron chi connectivity index (χ0n) is 11.5. The van der Waals surface area contributed by atoms with Gasteiger partial charge < -0.3 is 5.32 Å². The van der Waals surface area contributed by atoms with Gasteiger partial charge in [0.2, 0.25) is 0 Å². The van der Waals surface area contributed by atoms with Crippen LogP contribution < -0.4 is 5.32 Å². The van der Waals surface area contributed by atoms with Crippen LogP contribution in [-0.2, 0) is 0 Å². The van der Waals surface area contributed by atoms with Crippen molar-refractivity contribution in [1.29, 1.82) is 0 Å². The summed E-state index contributed by atoms with van der Waals surface area (Å²) in [5, 5.41) is 3.17. The first-order chi connectivity index (χ1) is 7.74. The van der Waals surface area contributed by atoms with E-state index in [2.05, 4.69) is 33.0 Å². The fourth-order valence-electron chi connectivity index (χ4n) is 1.58. The highest BCUT2D eigenvalue weighted by Crippen LogP contribution is 2.37. The number of halogens is 1. The van der Waals surface area contributed by atoms with Crippen molar-refractivity contribution in [2.45, 2.75) is 50.3 Å². The maximum absolute atomic E-state index is 13.7. The summed E-state index contributed by atoms with van der Waals surface area (Å²) < 4.78 is 13.8. The van der Waals surface area contributed by atoms with Crippen molar-refractivity contribution < 1.29 is 4.39 Å². The van der Waals surface area contributed by atoms with Gasteiger partial charge in [-0.15, -0.1) is 11.8 Å². The van der Waals surface area contributed by atoms with Gasteiger partial charge >= 0.3 is 0 Å². The minimum Gasteiger partial charge on any atom is -0.313 e. The van der Waals surface area contributed by atoms with Gasteiger partial charge in [-0.05, 0) is 44.2 Å². The van der Waals surface area contributed by atoms with E-state index in [1.807, 2.05) is 20.0 Å². The molecule has 1 rings (SSSR count). The molecule has 0 saturated carbocycles. The lowest BCUT2D eigenvalue weighted by molar-refractivity contribution is 0.594. The van der Waals surface area contributed by atoms with Gasteiger partial charge in [0.1, 0.15) is 5.82 Å². The number of aryl methyl sites for hydroxylation is 1. The molecule has 1 atom stereocenters. The van der Waals surface area contributed by atoms with E-state index in [0.29, 0.717) is 5.56 Å². The predicted molar refractivity (Wildman–Crippen MR) is 74.2 cm³/mol. The largest absolute Gasteiger partial charge is 0.313 e. The zero-order chi connectivity index (χ0) is 13.2. The third-order valence-electron chi connectivity index (χ3n) is 2.61. The molecule has 96 valence electrons. The van der Waals surface area contributed by atoms with Crippen LogP contribution in [-0.4, -0.2) is 11.8 Å². The van der Waals surface area contributed by atoms with E-state index in [4.69, 9.17) is 0 Å². The summed E-state index contributed by atoms with van der Waals surface area (Å²) in [7, 11) is 1.90. The Bertz CT molecular complexity index is 396. The van der Waals surface area contributed by atoms with E-state index in [0.717, 1.165) is 5.56 Å². The highest BCUT2D eigenvalue weighted by atomic mass is 32.2. The maximum atomic E-state index is 13.7. The molecule has 3 heteroatoms. The Balaban J connectivity index is 3.21. The van der Waals surface area contributed by atoms with Gasteiger partial charge in [-0.25, -0.2) is 4.39 Å². The molecule has 0 amide bonds. The lowest BCUT2D eigenvalue weighted by Gasteiger charge is -2.23. The molecule has 0 bridgehead atoms. The van der Waals surface area contributed by atoms with Gasteiger partial charge in [-0.2, -0.15) is 0 Å². The average molecular weight is 255 g/mol. The third kappa shape index (κ3) is 4.00. The van der Waals surface area contributed by atoms with Gasteiger partial charge in [0.25, 0.3) is 0 Å². The van der Waals surface area contributed by atoms with Crippen LogP contribution in [0.15, 0.2) is 17.0 Å². The molecule has 0 fully saturated rings. The third-order valence-corrected chi connectivity index (χ3v) is 3.79. The molecular formula is C14H22FNS. The zero-order valence-corrected chi connectivity index (χ0v) is 12.3. The monoisotopic (exact) mass is 255 g/mol. The summed E-state index contributed by atoms with van der Waals surface area (Å²) in [6.45, 7) is 10.4. The molecule has 0 spiro atoms. The van der Waals surface area contributed by atoms with Crippen molar-refractivity contribution in [3.05, 3.63) is 29.1 Å². The van der Waals surface area contributed by atoms with E-state index in [9.17, 15) is 4.39 Å². The van der Waals surface area contributed by atoms with Crippen LogP contribution in [0, 0.1) is 12.7 Å². The normalized spacial score (nSPS) is 13.8. The van der Waals surface area contributed by atoms with Gasteiger partial charge in [-0.3, -0.25) is 0 Å². The smallest absolute Gasteiger partial charge is 0.126 e. The predicted octanol–water partition coefficient (Wildman–Crippen LogP) is 4.31. The highest BCUT2D eigenvalue weighted by Gasteiger charge is 2.18. The molecular weight excluding hydrogens is 233 g/mol. The molecule has 0 aliphatic rings. The maximum Gasteiger partial charge on any atom is 0.126 e. The van der Waals surface area contributed by atoms with E-state index >= 15 is 0 Å². The minimum absolute atomic E-state index is 0.125. The fourth-order valence-corrected chi connectivity index (χ4v) is 2.83. The molecule has 0 aromatic heterocycles. The molecule has 1 N–H and O–H groups in total. The first kappa shape index (κ1) is 14.5. The molecule has 0 radical (unpaired) electrons. The summed E-state index contributed by atoms with van der Waals surface area (Å²) in [6.07, 6.45) is 0. The Morgan fingerprint density at radius 3 is 2.35 bits per heavy atom. The lowest BCUT2D eigenvalue weighted by Crippen LogP contribution is -2.15. The SMILES string of the molecule is CNC(C)c1cc(F)c(C)cc1SC(C)(C)C. The Morgan fingerprint density at radius 2 is 1.88 bits per heavy atom. The molecule has 0 aliphatic heterocycles. The molecule has 1 unspecified atom stereocenters. The molecule has 0 aliphatic carbocycles. The Kier molecular flexibility index (Phi) is 4.62. The molecule has 0 heterocycles. The number of hydrogen-bond donors (Lipinski definition) is 1. The Labute approximate surface area is 108 Å². The molecule has 17 heavy (non-hydrogen) atoms. The summed E-state index contributed by atoms with van der Waals surface area (Å²) in [6, 6.07) is 3.77. The Hall–Kier alpha value is -0.540. The second-order valence-electron chi connectivity index (χ2n) is 5.36. The van der Waals surface area contributed by atoms with Crippen molar-refractivity contribution in [3.63, 3.8) is 0 Å². The number of thioether (sulfide) groups is 1. The van der Waals surface area contributed by atoms with Crippen LogP contribution in [0.5, 0.6) is 0 Å². The number of hydrogen-bond acceptors (Lipinski definition) is 2. The summed E-state index contributed by atoms with van der Waals surface area (Å²) >= 11 is 1.79. The van der Waals surface area contributed by atoms with Crippen molar-refractivity contribution in [2.75, 3.05) is 7.05 Å². The summed E-state index contributed by atoms with van der Waals surface area (Å²) in [4.78, 5) is 1.17. The standard InChI is InChI=1S/C14H22FNS/c1-9-7-13(17-14(3,4)5)11(8-12(9)15)10(2)16-6/h7-8,10,16H,1-6H3. The van der Waals surface area contributed by atoms with Crippen molar-refractivity contribution >= 4 is 11.8 Å². The van der Waals surface area contributed by atoms with E-state index in [1.54, 1.807) is 17.8 Å². The first-order valence-corrected chi connectivity index (χ1v) is 6.72. The average Bonchev–Trinajstić information content (AvgIpc) is 2.20. The minimum atomic E-state index is -0.125. The Morgan fingerprint density at radius 1 is 1.29 bits per heavy atom. The van der Waals surface area contributed by atoms with Crippen molar-refractivity contribution in [1.82, 2.24) is 5.32 Å². The highest BCUT2D eigenvalue weighted by molar-refractivity contribution is 8.00. The molecule has 0 saturated heterocycles. The van der Waals surface area contributed by atoms with E-state index in [-0.39, 0.29) is 16.6 Å². The van der Waals surface area contributed by atoms with Crippen LogP contribution in [0.25, 0.3) is 0 Å². The van der Waals surface area contributed by atoms with E-state index in [1.165, 1.54) is 4.90 Å². The fraction of sp³-hybridized carbons (Fsp3) is 0.571. The van der Waals surface area contributed by atoms with Crippen LogP contribution >= 0.6 is 11.8 Å².